The lowest BCUT2D eigenvalue weighted by Gasteiger charge is -2.12. The van der Waals surface area contributed by atoms with E-state index in [9.17, 15) is 0 Å². The Morgan fingerprint density at radius 2 is 1.59 bits per heavy atom. The zero-order valence-electron chi connectivity index (χ0n) is 11.9. The van der Waals surface area contributed by atoms with Gasteiger partial charge in [-0.15, -0.1) is 0 Å². The molecule has 0 fully saturated rings. The monoisotopic (exact) mass is 233 g/mol. The molecule has 1 heterocycles. The SMILES string of the molecule is CCCCc1cnc(C(C)C)cc1CCCC. The lowest BCUT2D eigenvalue weighted by molar-refractivity contribution is 0.742. The van der Waals surface area contributed by atoms with Crippen LogP contribution in [0.25, 0.3) is 0 Å². The average Bonchev–Trinajstić information content (AvgIpc) is 2.34. The first-order chi connectivity index (χ1) is 8.19. The van der Waals surface area contributed by atoms with Gasteiger partial charge in [0.25, 0.3) is 0 Å². The van der Waals surface area contributed by atoms with E-state index in [2.05, 4.69) is 44.9 Å². The Hall–Kier alpha value is -0.850. The Bertz CT molecular complexity index is 328. The molecule has 1 nitrogen and oxygen atoms in total. The Balaban J connectivity index is 2.86. The molecule has 0 aromatic carbocycles. The summed E-state index contributed by atoms with van der Waals surface area (Å²) in [7, 11) is 0. The average molecular weight is 233 g/mol. The predicted octanol–water partition coefficient (Wildman–Crippen LogP) is 4.89. The first-order valence-corrected chi connectivity index (χ1v) is 7.16. The number of hydrogen-bond donors (Lipinski definition) is 0. The Morgan fingerprint density at radius 1 is 1.00 bits per heavy atom. The highest BCUT2D eigenvalue weighted by atomic mass is 14.7. The molecule has 0 unspecified atom stereocenters. The number of aryl methyl sites for hydroxylation is 2. The molecule has 17 heavy (non-hydrogen) atoms. The van der Waals surface area contributed by atoms with Crippen molar-refractivity contribution in [3.8, 4) is 0 Å². The van der Waals surface area contributed by atoms with Crippen molar-refractivity contribution >= 4 is 0 Å². The van der Waals surface area contributed by atoms with Gasteiger partial charge < -0.3 is 0 Å². The third-order valence-electron chi connectivity index (χ3n) is 3.29. The van der Waals surface area contributed by atoms with E-state index in [0.717, 1.165) is 0 Å². The van der Waals surface area contributed by atoms with Gasteiger partial charge >= 0.3 is 0 Å². The Labute approximate surface area is 107 Å². The standard InChI is InChI=1S/C16H27N/c1-5-7-9-14-11-16(13(3)4)17-12-15(14)10-8-6-2/h11-13H,5-10H2,1-4H3. The van der Waals surface area contributed by atoms with Crippen LogP contribution in [0.4, 0.5) is 0 Å². The third-order valence-corrected chi connectivity index (χ3v) is 3.29. The highest BCUT2D eigenvalue weighted by Crippen LogP contribution is 2.19. The summed E-state index contributed by atoms with van der Waals surface area (Å²) in [6.07, 6.45) is 9.64. The zero-order valence-corrected chi connectivity index (χ0v) is 11.9. The summed E-state index contributed by atoms with van der Waals surface area (Å²) in [6.45, 7) is 8.95. The number of hydrogen-bond acceptors (Lipinski definition) is 1. The van der Waals surface area contributed by atoms with E-state index in [1.165, 1.54) is 49.8 Å². The summed E-state index contributed by atoms with van der Waals surface area (Å²) in [4.78, 5) is 4.60. The highest BCUT2D eigenvalue weighted by Gasteiger charge is 2.07. The minimum atomic E-state index is 0.538. The van der Waals surface area contributed by atoms with Gasteiger partial charge in [-0.2, -0.15) is 0 Å². The van der Waals surface area contributed by atoms with Crippen molar-refractivity contribution in [1.82, 2.24) is 4.98 Å². The van der Waals surface area contributed by atoms with Crippen LogP contribution in [0, 0.1) is 0 Å². The number of aromatic nitrogens is 1. The van der Waals surface area contributed by atoms with Crippen LogP contribution in [-0.4, -0.2) is 4.98 Å². The Kier molecular flexibility index (Phi) is 6.25. The van der Waals surface area contributed by atoms with Crippen molar-refractivity contribution in [3.63, 3.8) is 0 Å². The van der Waals surface area contributed by atoms with Gasteiger partial charge in [0.15, 0.2) is 0 Å². The molecule has 0 saturated heterocycles. The molecule has 0 bridgehead atoms. The van der Waals surface area contributed by atoms with Crippen molar-refractivity contribution in [1.29, 1.82) is 0 Å². The molecule has 0 radical (unpaired) electrons. The maximum Gasteiger partial charge on any atom is 0.0431 e. The number of pyridine rings is 1. The molecule has 0 aliphatic carbocycles. The molecule has 1 aromatic rings. The zero-order chi connectivity index (χ0) is 12.7. The highest BCUT2D eigenvalue weighted by molar-refractivity contribution is 5.28. The molecular weight excluding hydrogens is 206 g/mol. The molecule has 0 aliphatic heterocycles. The van der Waals surface area contributed by atoms with Gasteiger partial charge in [-0.1, -0.05) is 40.5 Å². The van der Waals surface area contributed by atoms with Crippen LogP contribution < -0.4 is 0 Å². The molecular formula is C16H27N. The van der Waals surface area contributed by atoms with Gasteiger partial charge in [0.2, 0.25) is 0 Å². The van der Waals surface area contributed by atoms with Crippen LogP contribution in [-0.2, 0) is 12.8 Å². The van der Waals surface area contributed by atoms with E-state index in [1.807, 2.05) is 0 Å². The molecule has 1 heteroatoms. The largest absolute Gasteiger partial charge is 0.261 e. The second-order valence-corrected chi connectivity index (χ2v) is 5.24. The summed E-state index contributed by atoms with van der Waals surface area (Å²) >= 11 is 0. The number of nitrogens with zero attached hydrogens (tertiary/aromatic N) is 1. The summed E-state index contributed by atoms with van der Waals surface area (Å²) in [5, 5.41) is 0. The molecule has 0 atom stereocenters. The van der Waals surface area contributed by atoms with Crippen molar-refractivity contribution < 1.29 is 0 Å². The molecule has 0 N–H and O–H groups in total. The molecule has 1 rings (SSSR count). The smallest absolute Gasteiger partial charge is 0.0431 e. The van der Waals surface area contributed by atoms with Gasteiger partial charge in [0.1, 0.15) is 0 Å². The lowest BCUT2D eigenvalue weighted by Crippen LogP contribution is -2.01. The van der Waals surface area contributed by atoms with Crippen LogP contribution in [0.2, 0.25) is 0 Å². The van der Waals surface area contributed by atoms with Crippen molar-refractivity contribution in [2.75, 3.05) is 0 Å². The van der Waals surface area contributed by atoms with Gasteiger partial charge in [0, 0.05) is 11.9 Å². The summed E-state index contributed by atoms with van der Waals surface area (Å²) in [5.74, 6) is 0.538. The van der Waals surface area contributed by atoms with E-state index in [4.69, 9.17) is 0 Å². The topological polar surface area (TPSA) is 12.9 Å². The van der Waals surface area contributed by atoms with Crippen LogP contribution in [0.1, 0.15) is 76.1 Å². The van der Waals surface area contributed by atoms with Crippen LogP contribution in [0.15, 0.2) is 12.3 Å². The van der Waals surface area contributed by atoms with E-state index >= 15 is 0 Å². The number of rotatable bonds is 7. The van der Waals surface area contributed by atoms with E-state index in [1.54, 1.807) is 5.56 Å². The van der Waals surface area contributed by atoms with Crippen molar-refractivity contribution in [2.24, 2.45) is 0 Å². The van der Waals surface area contributed by atoms with Crippen LogP contribution >= 0.6 is 0 Å². The van der Waals surface area contributed by atoms with E-state index in [0.29, 0.717) is 5.92 Å². The first kappa shape index (κ1) is 14.2. The van der Waals surface area contributed by atoms with Gasteiger partial charge in [0.05, 0.1) is 0 Å². The van der Waals surface area contributed by atoms with Gasteiger partial charge in [-0.05, 0) is 48.8 Å². The Morgan fingerprint density at radius 3 is 2.12 bits per heavy atom. The third kappa shape index (κ3) is 4.49. The van der Waals surface area contributed by atoms with Crippen LogP contribution in [0.5, 0.6) is 0 Å². The molecule has 96 valence electrons. The predicted molar refractivity (Wildman–Crippen MR) is 75.6 cm³/mol. The molecule has 0 spiro atoms. The molecule has 0 saturated carbocycles. The normalized spacial score (nSPS) is 11.1. The second-order valence-electron chi connectivity index (χ2n) is 5.24. The molecule has 0 aliphatic rings. The van der Waals surface area contributed by atoms with Gasteiger partial charge in [-0.25, -0.2) is 0 Å². The first-order valence-electron chi connectivity index (χ1n) is 7.16. The summed E-state index contributed by atoms with van der Waals surface area (Å²) in [5.41, 5.74) is 4.26. The molecule has 0 amide bonds. The fourth-order valence-electron chi connectivity index (χ4n) is 2.05. The van der Waals surface area contributed by atoms with E-state index in [-0.39, 0.29) is 0 Å². The number of unbranched alkanes of at least 4 members (excludes halogenated alkanes) is 2. The maximum absolute atomic E-state index is 4.60. The summed E-state index contributed by atoms with van der Waals surface area (Å²) in [6, 6.07) is 2.34. The molecule has 1 aromatic heterocycles. The second kappa shape index (κ2) is 7.47. The minimum absolute atomic E-state index is 0.538. The minimum Gasteiger partial charge on any atom is -0.261 e. The fraction of sp³-hybridized carbons (Fsp3) is 0.688. The fourth-order valence-corrected chi connectivity index (χ4v) is 2.05. The van der Waals surface area contributed by atoms with Gasteiger partial charge in [-0.3, -0.25) is 4.98 Å². The van der Waals surface area contributed by atoms with Crippen molar-refractivity contribution in [3.05, 3.63) is 29.1 Å². The van der Waals surface area contributed by atoms with E-state index < -0.39 is 0 Å². The lowest BCUT2D eigenvalue weighted by atomic mass is 9.97. The maximum atomic E-state index is 4.60. The van der Waals surface area contributed by atoms with Crippen molar-refractivity contribution in [2.45, 2.75) is 72.1 Å². The summed E-state index contributed by atoms with van der Waals surface area (Å²) < 4.78 is 0. The quantitative estimate of drug-likeness (QED) is 0.653. The van der Waals surface area contributed by atoms with Crippen LogP contribution in [0.3, 0.4) is 0 Å².